The first-order valence-electron chi connectivity index (χ1n) is 8.48. The maximum Gasteiger partial charge on any atom is 0.257 e. The summed E-state index contributed by atoms with van der Waals surface area (Å²) in [7, 11) is 3.09. The third kappa shape index (κ3) is 4.56. The van der Waals surface area contributed by atoms with Crippen molar-refractivity contribution in [2.75, 3.05) is 19.5 Å². The number of benzene rings is 2. The molecule has 0 saturated heterocycles. The van der Waals surface area contributed by atoms with Crippen molar-refractivity contribution >= 4 is 11.6 Å². The topological polar surface area (TPSA) is 69.6 Å². The Morgan fingerprint density at radius 1 is 1.04 bits per heavy atom. The Bertz CT molecular complexity index is 1040. The van der Waals surface area contributed by atoms with Crippen LogP contribution in [0.15, 0.2) is 65.6 Å². The van der Waals surface area contributed by atoms with E-state index in [4.69, 9.17) is 9.47 Å². The van der Waals surface area contributed by atoms with Crippen molar-refractivity contribution in [3.8, 4) is 11.5 Å². The van der Waals surface area contributed by atoms with Gasteiger partial charge < -0.3 is 19.4 Å². The highest BCUT2D eigenvalue weighted by atomic mass is 19.1. The molecule has 3 rings (SSSR count). The van der Waals surface area contributed by atoms with Crippen LogP contribution in [0.25, 0.3) is 0 Å². The van der Waals surface area contributed by atoms with E-state index >= 15 is 0 Å². The van der Waals surface area contributed by atoms with Gasteiger partial charge in [-0.3, -0.25) is 9.59 Å². The third-order valence-electron chi connectivity index (χ3n) is 4.09. The molecule has 1 amide bonds. The molecule has 144 valence electrons. The first-order valence-corrected chi connectivity index (χ1v) is 8.48. The van der Waals surface area contributed by atoms with E-state index in [0.29, 0.717) is 17.2 Å². The third-order valence-corrected chi connectivity index (χ3v) is 4.09. The predicted octanol–water partition coefficient (Wildman–Crippen LogP) is 3.31. The molecule has 0 aliphatic heterocycles. The SMILES string of the molecule is COc1cc(Cn2cc(C(=O)Nc3cccc(F)c3)ccc2=O)cc(OC)c1. The van der Waals surface area contributed by atoms with Gasteiger partial charge in [0.2, 0.25) is 0 Å². The zero-order chi connectivity index (χ0) is 20.1. The summed E-state index contributed by atoms with van der Waals surface area (Å²) in [5, 5.41) is 2.61. The second-order valence-corrected chi connectivity index (χ2v) is 6.07. The number of rotatable bonds is 6. The molecule has 1 aromatic heterocycles. The Morgan fingerprint density at radius 2 is 1.75 bits per heavy atom. The van der Waals surface area contributed by atoms with Gasteiger partial charge >= 0.3 is 0 Å². The highest BCUT2D eigenvalue weighted by molar-refractivity contribution is 6.04. The Balaban J connectivity index is 1.85. The van der Waals surface area contributed by atoms with E-state index in [-0.39, 0.29) is 17.7 Å². The summed E-state index contributed by atoms with van der Waals surface area (Å²) in [4.78, 5) is 24.7. The van der Waals surface area contributed by atoms with Crippen LogP contribution < -0.4 is 20.3 Å². The van der Waals surface area contributed by atoms with Crippen LogP contribution in [0, 0.1) is 5.82 Å². The maximum atomic E-state index is 13.3. The number of anilines is 1. The number of carbonyl (C=O) groups excluding carboxylic acids is 1. The molecule has 28 heavy (non-hydrogen) atoms. The monoisotopic (exact) mass is 382 g/mol. The second-order valence-electron chi connectivity index (χ2n) is 6.07. The number of methoxy groups -OCH3 is 2. The molecule has 0 aliphatic rings. The van der Waals surface area contributed by atoms with Gasteiger partial charge in [0, 0.05) is 24.0 Å². The molecule has 0 aliphatic carbocycles. The second kappa shape index (κ2) is 8.39. The van der Waals surface area contributed by atoms with Gasteiger partial charge in [0.05, 0.1) is 26.3 Å². The molecule has 7 heteroatoms. The molecular formula is C21H19FN2O4. The average Bonchev–Trinajstić information content (AvgIpc) is 2.69. The standard InChI is InChI=1S/C21H19FN2O4/c1-27-18-8-14(9-19(11-18)28-2)12-24-13-15(6-7-20(24)25)21(26)23-17-5-3-4-16(22)10-17/h3-11,13H,12H2,1-2H3,(H,23,26). The van der Waals surface area contributed by atoms with Crippen molar-refractivity contribution in [3.63, 3.8) is 0 Å². The van der Waals surface area contributed by atoms with Crippen LogP contribution in [0.4, 0.5) is 10.1 Å². The molecule has 3 aromatic rings. The fraction of sp³-hybridized carbons (Fsp3) is 0.143. The number of halogens is 1. The van der Waals surface area contributed by atoms with Gasteiger partial charge in [-0.25, -0.2) is 4.39 Å². The summed E-state index contributed by atoms with van der Waals surface area (Å²) >= 11 is 0. The van der Waals surface area contributed by atoms with Gasteiger partial charge in [-0.05, 0) is 42.0 Å². The molecule has 6 nitrogen and oxygen atoms in total. The minimum absolute atomic E-state index is 0.230. The normalized spacial score (nSPS) is 10.4. The number of hydrogen-bond donors (Lipinski definition) is 1. The van der Waals surface area contributed by atoms with Gasteiger partial charge in [-0.2, -0.15) is 0 Å². The van der Waals surface area contributed by atoms with Crippen LogP contribution >= 0.6 is 0 Å². The van der Waals surface area contributed by atoms with Gasteiger partial charge in [0.15, 0.2) is 0 Å². The highest BCUT2D eigenvalue weighted by Crippen LogP contribution is 2.23. The molecule has 0 spiro atoms. The van der Waals surface area contributed by atoms with Crippen LogP contribution in [-0.4, -0.2) is 24.7 Å². The Hall–Kier alpha value is -3.61. The largest absolute Gasteiger partial charge is 0.497 e. The quantitative estimate of drug-likeness (QED) is 0.710. The lowest BCUT2D eigenvalue weighted by atomic mass is 10.2. The van der Waals surface area contributed by atoms with Crippen molar-refractivity contribution in [1.82, 2.24) is 4.57 Å². The summed E-state index contributed by atoms with van der Waals surface area (Å²) in [5.74, 6) is 0.308. The fourth-order valence-electron chi connectivity index (χ4n) is 2.71. The lowest BCUT2D eigenvalue weighted by Crippen LogP contribution is -2.22. The number of ether oxygens (including phenoxy) is 2. The highest BCUT2D eigenvalue weighted by Gasteiger charge is 2.10. The van der Waals surface area contributed by atoms with Crippen molar-refractivity contribution in [2.24, 2.45) is 0 Å². The zero-order valence-corrected chi connectivity index (χ0v) is 15.4. The Labute approximate surface area is 161 Å². The molecule has 1 N–H and O–H groups in total. The van der Waals surface area contributed by atoms with E-state index in [0.717, 1.165) is 5.56 Å². The molecule has 0 atom stereocenters. The summed E-state index contributed by atoms with van der Waals surface area (Å²) in [6, 6.07) is 13.6. The number of nitrogens with one attached hydrogen (secondary N) is 1. The molecule has 1 heterocycles. The van der Waals surface area contributed by atoms with Crippen molar-refractivity contribution in [1.29, 1.82) is 0 Å². The number of amides is 1. The van der Waals surface area contributed by atoms with Crippen LogP contribution in [0.2, 0.25) is 0 Å². The van der Waals surface area contributed by atoms with Crippen molar-refractivity contribution in [2.45, 2.75) is 6.54 Å². The van der Waals surface area contributed by atoms with Gasteiger partial charge in [0.1, 0.15) is 17.3 Å². The number of hydrogen-bond acceptors (Lipinski definition) is 4. The number of nitrogens with zero attached hydrogens (tertiary/aromatic N) is 1. The maximum absolute atomic E-state index is 13.3. The summed E-state index contributed by atoms with van der Waals surface area (Å²) in [6.07, 6.45) is 1.46. The number of pyridine rings is 1. The van der Waals surface area contributed by atoms with Gasteiger partial charge in [0.25, 0.3) is 11.5 Å². The molecule has 2 aromatic carbocycles. The average molecular weight is 382 g/mol. The molecule has 0 saturated carbocycles. The lowest BCUT2D eigenvalue weighted by Gasteiger charge is -2.11. The fourth-order valence-corrected chi connectivity index (χ4v) is 2.71. The zero-order valence-electron chi connectivity index (χ0n) is 15.4. The molecule has 0 radical (unpaired) electrons. The van der Waals surface area contributed by atoms with Crippen LogP contribution in [0.1, 0.15) is 15.9 Å². The van der Waals surface area contributed by atoms with E-state index < -0.39 is 11.7 Å². The number of aromatic nitrogens is 1. The predicted molar refractivity (Wildman–Crippen MR) is 104 cm³/mol. The van der Waals surface area contributed by atoms with Gasteiger partial charge in [-0.15, -0.1) is 0 Å². The Kier molecular flexibility index (Phi) is 5.74. The first-order chi connectivity index (χ1) is 13.5. The van der Waals surface area contributed by atoms with E-state index in [1.165, 1.54) is 41.1 Å². The molecule has 0 bridgehead atoms. The summed E-state index contributed by atoms with van der Waals surface area (Å²) in [5.41, 5.74) is 1.13. The van der Waals surface area contributed by atoms with E-state index in [9.17, 15) is 14.0 Å². The minimum Gasteiger partial charge on any atom is -0.497 e. The van der Waals surface area contributed by atoms with Crippen LogP contribution in [0.3, 0.4) is 0 Å². The van der Waals surface area contributed by atoms with Crippen molar-refractivity contribution in [3.05, 3.63) is 88.1 Å². The van der Waals surface area contributed by atoms with E-state index in [2.05, 4.69) is 5.32 Å². The van der Waals surface area contributed by atoms with Gasteiger partial charge in [-0.1, -0.05) is 6.07 Å². The van der Waals surface area contributed by atoms with E-state index in [1.54, 1.807) is 38.5 Å². The smallest absolute Gasteiger partial charge is 0.257 e. The minimum atomic E-state index is -0.449. The summed E-state index contributed by atoms with van der Waals surface area (Å²) < 4.78 is 25.2. The first kappa shape index (κ1) is 19.2. The Morgan fingerprint density at radius 3 is 2.39 bits per heavy atom. The molecular weight excluding hydrogens is 363 g/mol. The van der Waals surface area contributed by atoms with E-state index in [1.807, 2.05) is 0 Å². The van der Waals surface area contributed by atoms with Crippen LogP contribution in [-0.2, 0) is 6.54 Å². The van der Waals surface area contributed by atoms with Crippen LogP contribution in [0.5, 0.6) is 11.5 Å². The number of carbonyl (C=O) groups is 1. The van der Waals surface area contributed by atoms with Crippen molar-refractivity contribution < 1.29 is 18.7 Å². The molecule has 0 unspecified atom stereocenters. The lowest BCUT2D eigenvalue weighted by molar-refractivity contribution is 0.102. The molecule has 0 fully saturated rings. The summed E-state index contributed by atoms with van der Waals surface area (Å²) in [6.45, 7) is 0.230.